The number of ether oxygens (including phenoxy) is 1. The molecule has 1 heterocycles. The summed E-state index contributed by atoms with van der Waals surface area (Å²) in [6, 6.07) is 12.9. The van der Waals surface area contributed by atoms with E-state index in [0.29, 0.717) is 27.9 Å². The average Bonchev–Trinajstić information content (AvgIpc) is 2.94. The first kappa shape index (κ1) is 17.7. The molecule has 0 fully saturated rings. The molecule has 0 aliphatic carbocycles. The van der Waals surface area contributed by atoms with Crippen molar-refractivity contribution >= 4 is 22.7 Å². The third-order valence-electron chi connectivity index (χ3n) is 4.63. The zero-order chi connectivity index (χ0) is 18.8. The lowest BCUT2D eigenvalue weighted by molar-refractivity contribution is 0.0840. The van der Waals surface area contributed by atoms with E-state index in [1.807, 2.05) is 44.2 Å². The molecule has 6 heteroatoms. The number of benzene rings is 2. The van der Waals surface area contributed by atoms with Crippen LogP contribution in [-0.2, 0) is 0 Å². The Bertz CT molecular complexity index is 1000. The first-order valence-corrected chi connectivity index (χ1v) is 8.29. The van der Waals surface area contributed by atoms with Gasteiger partial charge in [0, 0.05) is 11.1 Å². The molecule has 2 aromatic carbocycles. The quantitative estimate of drug-likeness (QED) is 0.430. The fourth-order valence-electron chi connectivity index (χ4n) is 3.13. The van der Waals surface area contributed by atoms with Gasteiger partial charge in [-0.1, -0.05) is 30.3 Å². The molecule has 0 aliphatic rings. The van der Waals surface area contributed by atoms with Crippen molar-refractivity contribution in [3.05, 3.63) is 64.8 Å². The van der Waals surface area contributed by atoms with Gasteiger partial charge in [0.05, 0.1) is 11.1 Å². The van der Waals surface area contributed by atoms with E-state index >= 15 is 0 Å². The highest BCUT2D eigenvalue weighted by Crippen LogP contribution is 2.26. The summed E-state index contributed by atoms with van der Waals surface area (Å²) in [7, 11) is 0. The molecule has 0 saturated heterocycles. The van der Waals surface area contributed by atoms with Gasteiger partial charge in [0.2, 0.25) is 0 Å². The topological polar surface area (TPSA) is 86.3 Å². The summed E-state index contributed by atoms with van der Waals surface area (Å²) >= 11 is 0. The van der Waals surface area contributed by atoms with Crippen molar-refractivity contribution in [1.29, 1.82) is 0 Å². The standard InChI is InChI=1S/C20H21N3O3/c1-12-7-6-10-17(13(12)2)26-11-18(24)23-14(3)19(20(25)22-21)15-8-4-5-9-16(15)23/h4-10H,11,21H2,1-3H3,(H,22,25). The van der Waals surface area contributed by atoms with Crippen molar-refractivity contribution in [3.63, 3.8) is 0 Å². The van der Waals surface area contributed by atoms with Crippen molar-refractivity contribution in [2.24, 2.45) is 5.84 Å². The van der Waals surface area contributed by atoms with E-state index in [1.54, 1.807) is 19.1 Å². The molecule has 0 aliphatic heterocycles. The molecule has 1 aromatic heterocycles. The summed E-state index contributed by atoms with van der Waals surface area (Å²) in [5, 5.41) is 0.674. The number of para-hydroxylation sites is 1. The number of hydrogen-bond acceptors (Lipinski definition) is 4. The summed E-state index contributed by atoms with van der Waals surface area (Å²) in [6.45, 7) is 5.54. The third-order valence-corrected chi connectivity index (χ3v) is 4.63. The third kappa shape index (κ3) is 2.95. The molecule has 0 saturated carbocycles. The Kier molecular flexibility index (Phi) is 4.77. The number of nitrogens with zero attached hydrogens (tertiary/aromatic N) is 1. The molecule has 3 aromatic rings. The molecule has 0 spiro atoms. The van der Waals surface area contributed by atoms with E-state index in [1.165, 1.54) is 4.57 Å². The molecule has 1 amide bonds. The fourth-order valence-corrected chi connectivity index (χ4v) is 3.13. The summed E-state index contributed by atoms with van der Waals surface area (Å²) in [6.07, 6.45) is 0. The normalized spacial score (nSPS) is 10.8. The van der Waals surface area contributed by atoms with Gasteiger partial charge in [-0.2, -0.15) is 0 Å². The molecular formula is C20H21N3O3. The molecular weight excluding hydrogens is 330 g/mol. The monoisotopic (exact) mass is 351 g/mol. The van der Waals surface area contributed by atoms with Gasteiger partial charge in [0.1, 0.15) is 5.75 Å². The van der Waals surface area contributed by atoms with Crippen LogP contribution in [0, 0.1) is 20.8 Å². The molecule has 0 atom stereocenters. The van der Waals surface area contributed by atoms with Gasteiger partial charge in [-0.25, -0.2) is 5.84 Å². The molecule has 134 valence electrons. The Morgan fingerprint density at radius 1 is 1.08 bits per heavy atom. The molecule has 0 bridgehead atoms. The Hall–Kier alpha value is -3.12. The van der Waals surface area contributed by atoms with E-state index in [2.05, 4.69) is 5.43 Å². The first-order chi connectivity index (χ1) is 12.5. The number of aryl methyl sites for hydroxylation is 1. The Morgan fingerprint density at radius 3 is 2.54 bits per heavy atom. The van der Waals surface area contributed by atoms with Gasteiger partial charge < -0.3 is 4.74 Å². The van der Waals surface area contributed by atoms with Crippen LogP contribution in [0.3, 0.4) is 0 Å². The Morgan fingerprint density at radius 2 is 1.81 bits per heavy atom. The van der Waals surface area contributed by atoms with E-state index in [9.17, 15) is 9.59 Å². The number of amides is 1. The van der Waals surface area contributed by atoms with Crippen LogP contribution in [0.4, 0.5) is 0 Å². The maximum Gasteiger partial charge on any atom is 0.269 e. The number of fused-ring (bicyclic) bond motifs is 1. The largest absolute Gasteiger partial charge is 0.483 e. The molecule has 6 nitrogen and oxygen atoms in total. The second kappa shape index (κ2) is 7.01. The first-order valence-electron chi connectivity index (χ1n) is 8.29. The average molecular weight is 351 g/mol. The fraction of sp³-hybridized carbons (Fsp3) is 0.200. The zero-order valence-electron chi connectivity index (χ0n) is 15.0. The van der Waals surface area contributed by atoms with Crippen LogP contribution >= 0.6 is 0 Å². The lowest BCUT2D eigenvalue weighted by atomic mass is 10.1. The van der Waals surface area contributed by atoms with E-state index < -0.39 is 5.91 Å². The number of nitrogen functional groups attached to an aromatic ring is 1. The summed E-state index contributed by atoms with van der Waals surface area (Å²) < 4.78 is 7.24. The van der Waals surface area contributed by atoms with Crippen molar-refractivity contribution in [3.8, 4) is 5.75 Å². The molecule has 3 N–H and O–H groups in total. The minimum atomic E-state index is -0.430. The van der Waals surface area contributed by atoms with Crippen molar-refractivity contribution in [2.75, 3.05) is 6.61 Å². The maximum atomic E-state index is 12.8. The molecule has 3 rings (SSSR count). The van der Waals surface area contributed by atoms with Crippen molar-refractivity contribution < 1.29 is 14.3 Å². The molecule has 0 unspecified atom stereocenters. The predicted molar refractivity (Wildman–Crippen MR) is 100 cm³/mol. The second-order valence-electron chi connectivity index (χ2n) is 6.17. The lowest BCUT2D eigenvalue weighted by Gasteiger charge is -2.12. The highest BCUT2D eigenvalue weighted by atomic mass is 16.5. The van der Waals surface area contributed by atoms with Crippen LogP contribution in [-0.4, -0.2) is 23.0 Å². The van der Waals surface area contributed by atoms with Crippen molar-refractivity contribution in [2.45, 2.75) is 20.8 Å². The predicted octanol–water partition coefficient (Wildman–Crippen LogP) is 2.89. The number of rotatable bonds is 4. The smallest absolute Gasteiger partial charge is 0.269 e. The van der Waals surface area contributed by atoms with Gasteiger partial charge in [-0.3, -0.25) is 19.6 Å². The number of carbonyl (C=O) groups is 2. The summed E-state index contributed by atoms with van der Waals surface area (Å²) in [4.78, 5) is 25.0. The van der Waals surface area contributed by atoms with Crippen molar-refractivity contribution in [1.82, 2.24) is 9.99 Å². The molecule has 26 heavy (non-hydrogen) atoms. The van der Waals surface area contributed by atoms with Crippen LogP contribution in [0.15, 0.2) is 42.5 Å². The maximum absolute atomic E-state index is 12.8. The Labute approximate surface area is 151 Å². The van der Waals surface area contributed by atoms with Crippen LogP contribution in [0.2, 0.25) is 0 Å². The number of nitrogens with two attached hydrogens (primary N) is 1. The second-order valence-corrected chi connectivity index (χ2v) is 6.17. The zero-order valence-corrected chi connectivity index (χ0v) is 15.0. The van der Waals surface area contributed by atoms with Gasteiger partial charge in [0.25, 0.3) is 11.8 Å². The van der Waals surface area contributed by atoms with Gasteiger partial charge in [-0.15, -0.1) is 0 Å². The van der Waals surface area contributed by atoms with Crippen LogP contribution < -0.4 is 16.0 Å². The van der Waals surface area contributed by atoms with Gasteiger partial charge in [-0.05, 0) is 44.0 Å². The number of hydrogen-bond donors (Lipinski definition) is 2. The van der Waals surface area contributed by atoms with Crippen LogP contribution in [0.5, 0.6) is 5.75 Å². The lowest BCUT2D eigenvalue weighted by Crippen LogP contribution is -2.30. The highest BCUT2D eigenvalue weighted by molar-refractivity contribution is 6.10. The molecule has 0 radical (unpaired) electrons. The van der Waals surface area contributed by atoms with Gasteiger partial charge >= 0.3 is 0 Å². The number of aromatic nitrogens is 1. The van der Waals surface area contributed by atoms with E-state index in [0.717, 1.165) is 11.1 Å². The van der Waals surface area contributed by atoms with E-state index in [4.69, 9.17) is 10.6 Å². The number of carbonyl (C=O) groups excluding carboxylic acids is 2. The number of nitrogens with one attached hydrogen (secondary N) is 1. The minimum Gasteiger partial charge on any atom is -0.483 e. The van der Waals surface area contributed by atoms with Crippen LogP contribution in [0.25, 0.3) is 10.9 Å². The SMILES string of the molecule is Cc1cccc(OCC(=O)n2c(C)c(C(=O)NN)c3ccccc32)c1C. The number of hydrazine groups is 1. The minimum absolute atomic E-state index is 0.131. The summed E-state index contributed by atoms with van der Waals surface area (Å²) in [5.74, 6) is 5.29. The summed E-state index contributed by atoms with van der Waals surface area (Å²) in [5.41, 5.74) is 5.81. The highest BCUT2D eigenvalue weighted by Gasteiger charge is 2.22. The Balaban J connectivity index is 1.97. The van der Waals surface area contributed by atoms with E-state index in [-0.39, 0.29) is 12.5 Å². The van der Waals surface area contributed by atoms with Gasteiger partial charge in [0.15, 0.2) is 6.61 Å². The van der Waals surface area contributed by atoms with Crippen LogP contribution in [0.1, 0.15) is 32.0 Å².